The molecule has 0 radical (unpaired) electrons. The minimum Gasteiger partial charge on any atom is -0.376 e. The standard InChI is InChI=1S/C21H32N4O2/c1-2-22-21(23-14-20(26)24-11-6-7-12-24)25-13-10-19(15-25)17-27-16-18-8-4-3-5-9-18/h3-5,8-9,19H,2,6-7,10-17H2,1H3,(H,22,23). The van der Waals surface area contributed by atoms with Gasteiger partial charge in [-0.15, -0.1) is 0 Å². The first-order valence-corrected chi connectivity index (χ1v) is 10.2. The third-order valence-electron chi connectivity index (χ3n) is 5.21. The fraction of sp³-hybridized carbons (Fsp3) is 0.619. The number of nitrogens with zero attached hydrogens (tertiary/aromatic N) is 3. The van der Waals surface area contributed by atoms with Crippen molar-refractivity contribution in [3.05, 3.63) is 35.9 Å². The smallest absolute Gasteiger partial charge is 0.244 e. The van der Waals surface area contributed by atoms with Gasteiger partial charge in [0.25, 0.3) is 0 Å². The van der Waals surface area contributed by atoms with Crippen LogP contribution in [0.25, 0.3) is 0 Å². The number of carbonyl (C=O) groups excluding carboxylic acids is 1. The largest absolute Gasteiger partial charge is 0.376 e. The second-order valence-electron chi connectivity index (χ2n) is 7.36. The molecule has 27 heavy (non-hydrogen) atoms. The molecule has 3 rings (SSSR count). The molecule has 1 unspecified atom stereocenters. The van der Waals surface area contributed by atoms with Crippen LogP contribution in [-0.2, 0) is 16.1 Å². The van der Waals surface area contributed by atoms with Gasteiger partial charge in [0.15, 0.2) is 5.96 Å². The molecule has 0 aromatic heterocycles. The molecule has 2 aliphatic heterocycles. The molecular formula is C21H32N4O2. The maximum atomic E-state index is 12.3. The number of benzene rings is 1. The van der Waals surface area contributed by atoms with Gasteiger partial charge in [0, 0.05) is 38.6 Å². The van der Waals surface area contributed by atoms with Crippen LogP contribution in [0.3, 0.4) is 0 Å². The Labute approximate surface area is 162 Å². The number of ether oxygens (including phenoxy) is 1. The summed E-state index contributed by atoms with van der Waals surface area (Å²) in [5.74, 6) is 1.51. The van der Waals surface area contributed by atoms with Crippen LogP contribution >= 0.6 is 0 Å². The van der Waals surface area contributed by atoms with E-state index in [9.17, 15) is 4.79 Å². The number of nitrogens with one attached hydrogen (secondary N) is 1. The van der Waals surface area contributed by atoms with Crippen molar-refractivity contribution in [2.45, 2.75) is 32.8 Å². The first kappa shape index (κ1) is 19.7. The molecular weight excluding hydrogens is 340 g/mol. The number of guanidine groups is 1. The third-order valence-corrected chi connectivity index (χ3v) is 5.21. The summed E-state index contributed by atoms with van der Waals surface area (Å²) in [6, 6.07) is 10.3. The highest BCUT2D eigenvalue weighted by molar-refractivity contribution is 5.85. The van der Waals surface area contributed by atoms with Crippen molar-refractivity contribution in [2.24, 2.45) is 10.9 Å². The Kier molecular flexibility index (Phi) is 7.51. The highest BCUT2D eigenvalue weighted by Crippen LogP contribution is 2.17. The van der Waals surface area contributed by atoms with E-state index in [2.05, 4.69) is 34.3 Å². The Bertz CT molecular complexity index is 614. The molecule has 2 fully saturated rings. The van der Waals surface area contributed by atoms with E-state index < -0.39 is 0 Å². The first-order chi connectivity index (χ1) is 13.3. The van der Waals surface area contributed by atoms with E-state index in [1.165, 1.54) is 5.56 Å². The average molecular weight is 373 g/mol. The summed E-state index contributed by atoms with van der Waals surface area (Å²) in [6.45, 7) is 8.20. The number of amides is 1. The number of aliphatic imine (C=N–C) groups is 1. The van der Waals surface area contributed by atoms with Gasteiger partial charge in [0.05, 0.1) is 13.2 Å². The summed E-state index contributed by atoms with van der Waals surface area (Å²) >= 11 is 0. The van der Waals surface area contributed by atoms with Crippen LogP contribution in [0, 0.1) is 5.92 Å². The van der Waals surface area contributed by atoms with Gasteiger partial charge in [-0.25, -0.2) is 4.99 Å². The number of likely N-dealkylation sites (tertiary alicyclic amines) is 2. The quantitative estimate of drug-likeness (QED) is 0.588. The number of hydrogen-bond acceptors (Lipinski definition) is 3. The zero-order valence-electron chi connectivity index (χ0n) is 16.4. The summed E-state index contributed by atoms with van der Waals surface area (Å²) in [5.41, 5.74) is 1.21. The molecule has 2 aliphatic rings. The lowest BCUT2D eigenvalue weighted by Crippen LogP contribution is -2.41. The maximum absolute atomic E-state index is 12.3. The van der Waals surface area contributed by atoms with Crippen molar-refractivity contribution < 1.29 is 9.53 Å². The van der Waals surface area contributed by atoms with Crippen LogP contribution in [0.5, 0.6) is 0 Å². The normalized spacial score (nSPS) is 20.3. The molecule has 2 heterocycles. The minimum absolute atomic E-state index is 0.143. The van der Waals surface area contributed by atoms with Crippen LogP contribution in [0.4, 0.5) is 0 Å². The van der Waals surface area contributed by atoms with Crippen LogP contribution in [0.2, 0.25) is 0 Å². The van der Waals surface area contributed by atoms with Gasteiger partial charge in [-0.05, 0) is 31.7 Å². The van der Waals surface area contributed by atoms with E-state index >= 15 is 0 Å². The topological polar surface area (TPSA) is 57.2 Å². The third kappa shape index (κ3) is 5.96. The predicted octanol–water partition coefficient (Wildman–Crippen LogP) is 2.11. The van der Waals surface area contributed by atoms with Crippen LogP contribution in [0.15, 0.2) is 35.3 Å². The summed E-state index contributed by atoms with van der Waals surface area (Å²) in [4.78, 5) is 21.1. The van der Waals surface area contributed by atoms with Crippen molar-refractivity contribution >= 4 is 11.9 Å². The lowest BCUT2D eigenvalue weighted by molar-refractivity contribution is -0.128. The Morgan fingerprint density at radius 1 is 1.19 bits per heavy atom. The fourth-order valence-electron chi connectivity index (χ4n) is 3.71. The first-order valence-electron chi connectivity index (χ1n) is 10.2. The molecule has 0 bridgehead atoms. The molecule has 0 spiro atoms. The summed E-state index contributed by atoms with van der Waals surface area (Å²) in [6.07, 6.45) is 3.33. The molecule has 1 amide bonds. The Balaban J connectivity index is 1.45. The number of hydrogen-bond donors (Lipinski definition) is 1. The highest BCUT2D eigenvalue weighted by atomic mass is 16.5. The van der Waals surface area contributed by atoms with Crippen LogP contribution < -0.4 is 5.32 Å². The van der Waals surface area contributed by atoms with E-state index in [0.717, 1.165) is 64.6 Å². The van der Waals surface area contributed by atoms with Crippen molar-refractivity contribution in [2.75, 3.05) is 45.9 Å². The molecule has 1 aromatic carbocycles. The predicted molar refractivity (Wildman–Crippen MR) is 108 cm³/mol. The summed E-state index contributed by atoms with van der Waals surface area (Å²) in [5, 5.41) is 3.34. The van der Waals surface area contributed by atoms with Crippen molar-refractivity contribution in [3.8, 4) is 0 Å². The molecule has 0 aliphatic carbocycles. The van der Waals surface area contributed by atoms with Gasteiger partial charge in [0.2, 0.25) is 5.91 Å². The number of carbonyl (C=O) groups is 1. The second-order valence-corrected chi connectivity index (χ2v) is 7.36. The Morgan fingerprint density at radius 3 is 2.70 bits per heavy atom. The van der Waals surface area contributed by atoms with Crippen molar-refractivity contribution in [1.29, 1.82) is 0 Å². The molecule has 6 heteroatoms. The van der Waals surface area contributed by atoms with Gasteiger partial charge in [-0.1, -0.05) is 30.3 Å². The van der Waals surface area contributed by atoms with E-state index in [4.69, 9.17) is 4.74 Å². The van der Waals surface area contributed by atoms with Gasteiger partial charge < -0.3 is 19.9 Å². The van der Waals surface area contributed by atoms with Gasteiger partial charge >= 0.3 is 0 Å². The molecule has 2 saturated heterocycles. The lowest BCUT2D eigenvalue weighted by Gasteiger charge is -2.22. The van der Waals surface area contributed by atoms with E-state index in [1.54, 1.807) is 0 Å². The summed E-state index contributed by atoms with van der Waals surface area (Å²) in [7, 11) is 0. The lowest BCUT2D eigenvalue weighted by atomic mass is 10.1. The maximum Gasteiger partial charge on any atom is 0.244 e. The van der Waals surface area contributed by atoms with Crippen LogP contribution in [-0.4, -0.2) is 67.5 Å². The average Bonchev–Trinajstić information content (AvgIpc) is 3.38. The minimum atomic E-state index is 0.143. The zero-order valence-corrected chi connectivity index (χ0v) is 16.4. The van der Waals surface area contributed by atoms with Crippen molar-refractivity contribution in [1.82, 2.24) is 15.1 Å². The van der Waals surface area contributed by atoms with Gasteiger partial charge in [0.1, 0.15) is 6.54 Å². The van der Waals surface area contributed by atoms with E-state index in [0.29, 0.717) is 12.5 Å². The molecule has 1 N–H and O–H groups in total. The van der Waals surface area contributed by atoms with Crippen molar-refractivity contribution in [3.63, 3.8) is 0 Å². The number of rotatable bonds is 7. The Morgan fingerprint density at radius 2 is 1.96 bits per heavy atom. The zero-order chi connectivity index (χ0) is 18.9. The van der Waals surface area contributed by atoms with E-state index in [-0.39, 0.29) is 12.5 Å². The molecule has 1 aromatic rings. The fourth-order valence-corrected chi connectivity index (χ4v) is 3.71. The van der Waals surface area contributed by atoms with Gasteiger partial charge in [-0.3, -0.25) is 4.79 Å². The molecule has 0 saturated carbocycles. The molecule has 1 atom stereocenters. The Hall–Kier alpha value is -2.08. The second kappa shape index (κ2) is 10.3. The molecule has 148 valence electrons. The van der Waals surface area contributed by atoms with Crippen LogP contribution in [0.1, 0.15) is 31.7 Å². The SMILES string of the molecule is CCNC(=NCC(=O)N1CCCC1)N1CCC(COCc2ccccc2)C1. The highest BCUT2D eigenvalue weighted by Gasteiger charge is 2.25. The monoisotopic (exact) mass is 372 g/mol. The summed E-state index contributed by atoms with van der Waals surface area (Å²) < 4.78 is 5.91. The molecule has 6 nitrogen and oxygen atoms in total. The van der Waals surface area contributed by atoms with Gasteiger partial charge in [-0.2, -0.15) is 0 Å². The van der Waals surface area contributed by atoms with E-state index in [1.807, 2.05) is 23.1 Å².